The summed E-state index contributed by atoms with van der Waals surface area (Å²) < 4.78 is 13.7. The monoisotopic (exact) mass is 335 g/mol. The fourth-order valence-electron chi connectivity index (χ4n) is 2.07. The molecule has 1 atom stereocenters. The van der Waals surface area contributed by atoms with Gasteiger partial charge in [0.15, 0.2) is 0 Å². The highest BCUT2D eigenvalue weighted by Gasteiger charge is 2.17. The molecule has 2 rings (SSSR count). The number of aliphatic hydroxyl groups is 1. The minimum absolute atomic E-state index is 0.164. The van der Waals surface area contributed by atoms with Gasteiger partial charge in [0.1, 0.15) is 5.82 Å². The maximum atomic E-state index is 13.1. The van der Waals surface area contributed by atoms with Gasteiger partial charge in [-0.3, -0.25) is 4.90 Å². The van der Waals surface area contributed by atoms with E-state index in [9.17, 15) is 9.50 Å². The van der Waals surface area contributed by atoms with Crippen molar-refractivity contribution in [3.8, 4) is 0 Å². The highest BCUT2D eigenvalue weighted by molar-refractivity contribution is 14.1. The predicted octanol–water partition coefficient (Wildman–Crippen LogP) is 2.39. The molecule has 1 heterocycles. The van der Waals surface area contributed by atoms with E-state index in [1.165, 1.54) is 6.07 Å². The molecule has 1 aliphatic rings. The van der Waals surface area contributed by atoms with Crippen LogP contribution in [0.3, 0.4) is 0 Å². The Labute approximate surface area is 109 Å². The fraction of sp³-hybridized carbons (Fsp3) is 0.500. The van der Waals surface area contributed by atoms with Crippen molar-refractivity contribution in [3.05, 3.63) is 33.1 Å². The topological polar surface area (TPSA) is 23.5 Å². The first-order valence-electron chi connectivity index (χ1n) is 5.49. The highest BCUT2D eigenvalue weighted by Crippen LogP contribution is 2.17. The molecule has 1 unspecified atom stereocenters. The molecule has 1 saturated heterocycles. The molecular weight excluding hydrogens is 320 g/mol. The third kappa shape index (κ3) is 3.15. The molecule has 88 valence electrons. The van der Waals surface area contributed by atoms with Crippen LogP contribution in [-0.2, 0) is 6.54 Å². The predicted molar refractivity (Wildman–Crippen MR) is 69.6 cm³/mol. The van der Waals surface area contributed by atoms with Gasteiger partial charge in [0.2, 0.25) is 0 Å². The number of piperidine rings is 1. The Morgan fingerprint density at radius 3 is 3.00 bits per heavy atom. The van der Waals surface area contributed by atoms with E-state index in [0.29, 0.717) is 3.57 Å². The molecule has 1 aliphatic heterocycles. The number of hydrogen-bond acceptors (Lipinski definition) is 2. The van der Waals surface area contributed by atoms with Crippen LogP contribution in [-0.4, -0.2) is 29.2 Å². The lowest BCUT2D eigenvalue weighted by Crippen LogP contribution is -2.37. The summed E-state index contributed by atoms with van der Waals surface area (Å²) in [5.74, 6) is -0.164. The number of aliphatic hydroxyl groups excluding tert-OH is 1. The van der Waals surface area contributed by atoms with E-state index >= 15 is 0 Å². The molecule has 0 bridgehead atoms. The third-order valence-electron chi connectivity index (χ3n) is 2.87. The lowest BCUT2D eigenvalue weighted by atomic mass is 10.1. The van der Waals surface area contributed by atoms with Crippen molar-refractivity contribution in [2.75, 3.05) is 13.1 Å². The maximum Gasteiger partial charge on any atom is 0.136 e. The Morgan fingerprint density at radius 1 is 1.50 bits per heavy atom. The van der Waals surface area contributed by atoms with E-state index in [4.69, 9.17) is 0 Å². The van der Waals surface area contributed by atoms with Gasteiger partial charge in [-0.1, -0.05) is 6.07 Å². The van der Waals surface area contributed by atoms with Gasteiger partial charge in [-0.15, -0.1) is 0 Å². The van der Waals surface area contributed by atoms with Crippen LogP contribution in [0.2, 0.25) is 0 Å². The van der Waals surface area contributed by atoms with Crippen LogP contribution in [0.5, 0.6) is 0 Å². The van der Waals surface area contributed by atoms with Gasteiger partial charge < -0.3 is 5.11 Å². The number of nitrogens with zero attached hydrogens (tertiary/aromatic N) is 1. The minimum Gasteiger partial charge on any atom is -0.392 e. The first kappa shape index (κ1) is 12.3. The molecule has 0 aromatic heterocycles. The number of β-amino-alcohol motifs (C(OH)–C–C–N with tert-alkyl or cyclic N) is 1. The van der Waals surface area contributed by atoms with Gasteiger partial charge in [-0.2, -0.15) is 0 Å². The molecule has 0 saturated carbocycles. The average molecular weight is 335 g/mol. The van der Waals surface area contributed by atoms with Crippen LogP contribution in [0.1, 0.15) is 18.4 Å². The van der Waals surface area contributed by atoms with E-state index in [1.54, 1.807) is 0 Å². The number of rotatable bonds is 2. The molecule has 0 spiro atoms. The third-order valence-corrected chi connectivity index (χ3v) is 3.70. The molecule has 16 heavy (non-hydrogen) atoms. The van der Waals surface area contributed by atoms with Crippen LogP contribution in [0.25, 0.3) is 0 Å². The summed E-state index contributed by atoms with van der Waals surface area (Å²) in [6.07, 6.45) is 1.74. The summed E-state index contributed by atoms with van der Waals surface area (Å²) >= 11 is 2.01. The Kier molecular flexibility index (Phi) is 4.16. The summed E-state index contributed by atoms with van der Waals surface area (Å²) in [5.41, 5.74) is 1.11. The molecule has 1 fully saturated rings. The van der Waals surface area contributed by atoms with Crippen molar-refractivity contribution in [1.82, 2.24) is 4.90 Å². The summed E-state index contributed by atoms with van der Waals surface area (Å²) in [6, 6.07) is 5.20. The summed E-state index contributed by atoms with van der Waals surface area (Å²) in [5, 5.41) is 9.55. The van der Waals surface area contributed by atoms with Crippen LogP contribution in [0.4, 0.5) is 4.39 Å². The highest BCUT2D eigenvalue weighted by atomic mass is 127. The van der Waals surface area contributed by atoms with Gasteiger partial charge in [-0.25, -0.2) is 4.39 Å². The Balaban J connectivity index is 2.00. The first-order valence-corrected chi connectivity index (χ1v) is 6.57. The number of benzene rings is 1. The molecule has 2 nitrogen and oxygen atoms in total. The molecular formula is C12H15FINO. The second-order valence-corrected chi connectivity index (χ2v) is 5.44. The van der Waals surface area contributed by atoms with Gasteiger partial charge in [0, 0.05) is 16.7 Å². The van der Waals surface area contributed by atoms with Gasteiger partial charge in [0.05, 0.1) is 6.10 Å². The largest absolute Gasteiger partial charge is 0.392 e. The lowest BCUT2D eigenvalue weighted by Gasteiger charge is -2.30. The van der Waals surface area contributed by atoms with E-state index in [1.807, 2.05) is 34.7 Å². The molecule has 0 aliphatic carbocycles. The van der Waals surface area contributed by atoms with Crippen molar-refractivity contribution in [3.63, 3.8) is 0 Å². The number of hydrogen-bond donors (Lipinski definition) is 1. The second kappa shape index (κ2) is 5.42. The van der Waals surface area contributed by atoms with Crippen LogP contribution in [0, 0.1) is 9.39 Å². The molecule has 4 heteroatoms. The normalized spacial score (nSPS) is 22.3. The number of halogens is 2. The van der Waals surface area contributed by atoms with E-state index in [0.717, 1.165) is 38.0 Å². The SMILES string of the molecule is OC1CCCN(Cc2ccc(F)c(I)c2)C1. The Hall–Kier alpha value is -0.200. The average Bonchev–Trinajstić information content (AvgIpc) is 2.24. The summed E-state index contributed by atoms with van der Waals surface area (Å²) in [4.78, 5) is 2.22. The lowest BCUT2D eigenvalue weighted by molar-refractivity contribution is 0.0668. The molecule has 1 aromatic rings. The minimum atomic E-state index is -0.201. The molecule has 0 amide bonds. The maximum absolute atomic E-state index is 13.1. The van der Waals surface area contributed by atoms with Gasteiger partial charge in [0.25, 0.3) is 0 Å². The standard InChI is InChI=1S/C12H15FINO/c13-11-4-3-9(6-12(11)14)7-15-5-1-2-10(16)8-15/h3-4,6,10,16H,1-2,5,7-8H2. The molecule has 1 aromatic carbocycles. The Bertz CT molecular complexity index is 372. The van der Waals surface area contributed by atoms with Crippen molar-refractivity contribution >= 4 is 22.6 Å². The van der Waals surface area contributed by atoms with Gasteiger partial charge in [-0.05, 0) is 59.7 Å². The first-order chi connectivity index (χ1) is 7.65. The zero-order valence-electron chi connectivity index (χ0n) is 9.00. The van der Waals surface area contributed by atoms with E-state index in [-0.39, 0.29) is 11.9 Å². The van der Waals surface area contributed by atoms with Crippen molar-refractivity contribution in [2.45, 2.75) is 25.5 Å². The molecule has 1 N–H and O–H groups in total. The van der Waals surface area contributed by atoms with Crippen molar-refractivity contribution in [2.24, 2.45) is 0 Å². The summed E-state index contributed by atoms with van der Waals surface area (Å²) in [7, 11) is 0. The summed E-state index contributed by atoms with van der Waals surface area (Å²) in [6.45, 7) is 2.55. The fourth-order valence-corrected chi connectivity index (χ4v) is 2.65. The van der Waals surface area contributed by atoms with E-state index < -0.39 is 0 Å². The van der Waals surface area contributed by atoms with Crippen LogP contribution < -0.4 is 0 Å². The second-order valence-electron chi connectivity index (χ2n) is 4.28. The van der Waals surface area contributed by atoms with Crippen molar-refractivity contribution in [1.29, 1.82) is 0 Å². The number of likely N-dealkylation sites (tertiary alicyclic amines) is 1. The molecule has 0 radical (unpaired) electrons. The zero-order valence-corrected chi connectivity index (χ0v) is 11.2. The zero-order chi connectivity index (χ0) is 11.5. The van der Waals surface area contributed by atoms with Crippen LogP contribution >= 0.6 is 22.6 Å². The Morgan fingerprint density at radius 2 is 2.31 bits per heavy atom. The quantitative estimate of drug-likeness (QED) is 0.839. The van der Waals surface area contributed by atoms with E-state index in [2.05, 4.69) is 4.90 Å². The van der Waals surface area contributed by atoms with Gasteiger partial charge >= 0.3 is 0 Å². The van der Waals surface area contributed by atoms with Crippen molar-refractivity contribution < 1.29 is 9.50 Å². The smallest absolute Gasteiger partial charge is 0.136 e. The van der Waals surface area contributed by atoms with Crippen LogP contribution in [0.15, 0.2) is 18.2 Å².